The van der Waals surface area contributed by atoms with Crippen LogP contribution in [0.25, 0.3) is 10.9 Å². The SMILES string of the molecule is C[C@@H]1CN(C(=O)c2ccnc3ccccc23)CCN1. The van der Waals surface area contributed by atoms with Crippen LogP contribution in [0.4, 0.5) is 0 Å². The van der Waals surface area contributed by atoms with Crippen molar-refractivity contribution in [3.05, 3.63) is 42.1 Å². The Hall–Kier alpha value is -1.94. The summed E-state index contributed by atoms with van der Waals surface area (Å²) in [4.78, 5) is 18.9. The van der Waals surface area contributed by atoms with Crippen molar-refractivity contribution in [2.24, 2.45) is 0 Å². The lowest BCUT2D eigenvalue weighted by Gasteiger charge is -2.32. The van der Waals surface area contributed by atoms with Crippen molar-refractivity contribution in [1.29, 1.82) is 0 Å². The third-order valence-electron chi connectivity index (χ3n) is 3.54. The van der Waals surface area contributed by atoms with Crippen molar-refractivity contribution in [2.45, 2.75) is 13.0 Å². The molecule has 1 saturated heterocycles. The first-order valence-corrected chi connectivity index (χ1v) is 6.62. The van der Waals surface area contributed by atoms with Crippen LogP contribution in [-0.4, -0.2) is 41.5 Å². The molecule has 19 heavy (non-hydrogen) atoms. The van der Waals surface area contributed by atoms with E-state index in [4.69, 9.17) is 0 Å². The summed E-state index contributed by atoms with van der Waals surface area (Å²) in [5.41, 5.74) is 1.62. The number of carbonyl (C=O) groups is 1. The quantitative estimate of drug-likeness (QED) is 0.843. The molecule has 0 spiro atoms. The zero-order chi connectivity index (χ0) is 13.2. The Morgan fingerprint density at radius 1 is 1.37 bits per heavy atom. The van der Waals surface area contributed by atoms with Crippen LogP contribution < -0.4 is 5.32 Å². The smallest absolute Gasteiger partial charge is 0.254 e. The topological polar surface area (TPSA) is 45.2 Å². The number of pyridine rings is 1. The average Bonchev–Trinajstić information content (AvgIpc) is 2.46. The molecule has 0 aliphatic carbocycles. The Labute approximate surface area is 112 Å². The number of nitrogens with one attached hydrogen (secondary N) is 1. The van der Waals surface area contributed by atoms with Gasteiger partial charge in [-0.05, 0) is 19.1 Å². The van der Waals surface area contributed by atoms with Gasteiger partial charge in [0.25, 0.3) is 5.91 Å². The normalized spacial score (nSPS) is 19.6. The highest BCUT2D eigenvalue weighted by Gasteiger charge is 2.22. The van der Waals surface area contributed by atoms with E-state index in [2.05, 4.69) is 17.2 Å². The summed E-state index contributed by atoms with van der Waals surface area (Å²) in [6.07, 6.45) is 1.71. The van der Waals surface area contributed by atoms with Crippen LogP contribution in [0.15, 0.2) is 36.5 Å². The molecule has 1 aromatic heterocycles. The summed E-state index contributed by atoms with van der Waals surface area (Å²) in [5, 5.41) is 4.28. The van der Waals surface area contributed by atoms with Gasteiger partial charge < -0.3 is 10.2 Å². The number of nitrogens with zero attached hydrogens (tertiary/aromatic N) is 2. The maximum Gasteiger partial charge on any atom is 0.254 e. The summed E-state index contributed by atoms with van der Waals surface area (Å²) >= 11 is 0. The molecule has 4 nitrogen and oxygen atoms in total. The Morgan fingerprint density at radius 2 is 2.21 bits per heavy atom. The first kappa shape index (κ1) is 12.1. The second-order valence-electron chi connectivity index (χ2n) is 4.98. The number of aromatic nitrogens is 1. The molecule has 1 N–H and O–H groups in total. The lowest BCUT2D eigenvalue weighted by molar-refractivity contribution is 0.0711. The van der Waals surface area contributed by atoms with Crippen LogP contribution in [0.1, 0.15) is 17.3 Å². The van der Waals surface area contributed by atoms with Crippen molar-refractivity contribution < 1.29 is 4.79 Å². The maximum absolute atomic E-state index is 12.6. The molecule has 0 radical (unpaired) electrons. The number of amides is 1. The number of hydrogen-bond acceptors (Lipinski definition) is 3. The number of rotatable bonds is 1. The summed E-state index contributed by atoms with van der Waals surface area (Å²) in [6.45, 7) is 4.48. The van der Waals surface area contributed by atoms with E-state index in [1.165, 1.54) is 0 Å². The van der Waals surface area contributed by atoms with Gasteiger partial charge in [-0.25, -0.2) is 0 Å². The van der Waals surface area contributed by atoms with Gasteiger partial charge in [0, 0.05) is 37.3 Å². The molecule has 98 valence electrons. The van der Waals surface area contributed by atoms with E-state index in [9.17, 15) is 4.79 Å². The maximum atomic E-state index is 12.6. The summed E-state index contributed by atoms with van der Waals surface area (Å²) in [6, 6.07) is 9.95. The highest BCUT2D eigenvalue weighted by atomic mass is 16.2. The average molecular weight is 255 g/mol. The number of benzene rings is 1. The molecular weight excluding hydrogens is 238 g/mol. The van der Waals surface area contributed by atoms with Gasteiger partial charge in [-0.15, -0.1) is 0 Å². The number of hydrogen-bond donors (Lipinski definition) is 1. The van der Waals surface area contributed by atoms with Crippen LogP contribution >= 0.6 is 0 Å². The molecule has 1 amide bonds. The fraction of sp³-hybridized carbons (Fsp3) is 0.333. The van der Waals surface area contributed by atoms with Crippen LogP contribution in [0.5, 0.6) is 0 Å². The van der Waals surface area contributed by atoms with Gasteiger partial charge in [0.1, 0.15) is 0 Å². The number of carbonyl (C=O) groups excluding carboxylic acids is 1. The molecular formula is C15H17N3O. The molecule has 0 bridgehead atoms. The molecule has 2 aromatic rings. The van der Waals surface area contributed by atoms with E-state index in [-0.39, 0.29) is 5.91 Å². The summed E-state index contributed by atoms with van der Waals surface area (Å²) in [7, 11) is 0. The van der Waals surface area contributed by atoms with Gasteiger partial charge in [-0.2, -0.15) is 0 Å². The number of para-hydroxylation sites is 1. The van der Waals surface area contributed by atoms with E-state index in [0.29, 0.717) is 6.04 Å². The fourth-order valence-electron chi connectivity index (χ4n) is 2.57. The van der Waals surface area contributed by atoms with Crippen molar-refractivity contribution in [2.75, 3.05) is 19.6 Å². The molecule has 2 heterocycles. The van der Waals surface area contributed by atoms with E-state index >= 15 is 0 Å². The van der Waals surface area contributed by atoms with Gasteiger partial charge in [0.05, 0.1) is 11.1 Å². The predicted molar refractivity (Wildman–Crippen MR) is 75.1 cm³/mol. The molecule has 1 fully saturated rings. The lowest BCUT2D eigenvalue weighted by Crippen LogP contribution is -2.51. The highest BCUT2D eigenvalue weighted by molar-refractivity contribution is 6.06. The first-order chi connectivity index (χ1) is 9.25. The molecule has 3 rings (SSSR count). The van der Waals surface area contributed by atoms with E-state index in [0.717, 1.165) is 36.1 Å². The zero-order valence-corrected chi connectivity index (χ0v) is 11.0. The Bertz CT molecular complexity index is 606. The van der Waals surface area contributed by atoms with Crippen LogP contribution in [0.2, 0.25) is 0 Å². The fourth-order valence-corrected chi connectivity index (χ4v) is 2.57. The molecule has 1 aliphatic heterocycles. The van der Waals surface area contributed by atoms with Gasteiger partial charge in [-0.1, -0.05) is 18.2 Å². The Balaban J connectivity index is 1.97. The Morgan fingerprint density at radius 3 is 3.05 bits per heavy atom. The Kier molecular flexibility index (Phi) is 3.17. The molecule has 1 atom stereocenters. The predicted octanol–water partition coefficient (Wildman–Crippen LogP) is 1.67. The van der Waals surface area contributed by atoms with Crippen molar-refractivity contribution in [3.63, 3.8) is 0 Å². The van der Waals surface area contributed by atoms with E-state index in [1.807, 2.05) is 35.2 Å². The standard InChI is InChI=1S/C15H17N3O/c1-11-10-18(9-8-16-11)15(19)13-6-7-17-14-5-3-2-4-12(13)14/h2-7,11,16H,8-10H2,1H3/t11-/m1/s1. The molecule has 0 unspecified atom stereocenters. The van der Waals surface area contributed by atoms with Gasteiger partial charge in [0.15, 0.2) is 0 Å². The monoisotopic (exact) mass is 255 g/mol. The minimum Gasteiger partial charge on any atom is -0.336 e. The van der Waals surface area contributed by atoms with Crippen molar-refractivity contribution in [1.82, 2.24) is 15.2 Å². The molecule has 0 saturated carbocycles. The minimum absolute atomic E-state index is 0.104. The van der Waals surface area contributed by atoms with Crippen molar-refractivity contribution in [3.8, 4) is 0 Å². The molecule has 1 aliphatic rings. The van der Waals surface area contributed by atoms with Gasteiger partial charge in [0.2, 0.25) is 0 Å². The summed E-state index contributed by atoms with van der Waals surface area (Å²) in [5.74, 6) is 0.104. The second-order valence-corrected chi connectivity index (χ2v) is 4.98. The number of fused-ring (bicyclic) bond motifs is 1. The first-order valence-electron chi connectivity index (χ1n) is 6.62. The highest BCUT2D eigenvalue weighted by Crippen LogP contribution is 2.18. The van der Waals surface area contributed by atoms with E-state index in [1.54, 1.807) is 6.20 Å². The van der Waals surface area contributed by atoms with Gasteiger partial charge in [-0.3, -0.25) is 9.78 Å². The van der Waals surface area contributed by atoms with Gasteiger partial charge >= 0.3 is 0 Å². The second kappa shape index (κ2) is 4.97. The third-order valence-corrected chi connectivity index (χ3v) is 3.54. The molecule has 4 heteroatoms. The van der Waals surface area contributed by atoms with Crippen molar-refractivity contribution >= 4 is 16.8 Å². The van der Waals surface area contributed by atoms with Crippen LogP contribution in [-0.2, 0) is 0 Å². The largest absolute Gasteiger partial charge is 0.336 e. The zero-order valence-electron chi connectivity index (χ0n) is 11.0. The minimum atomic E-state index is 0.104. The number of piperazine rings is 1. The third kappa shape index (κ3) is 2.31. The lowest BCUT2D eigenvalue weighted by atomic mass is 10.1. The molecule has 1 aromatic carbocycles. The summed E-state index contributed by atoms with van der Waals surface area (Å²) < 4.78 is 0. The van der Waals surface area contributed by atoms with Crippen LogP contribution in [0, 0.1) is 0 Å². The van der Waals surface area contributed by atoms with Crippen LogP contribution in [0.3, 0.4) is 0 Å². The van der Waals surface area contributed by atoms with E-state index < -0.39 is 0 Å².